The van der Waals surface area contributed by atoms with Gasteiger partial charge in [-0.2, -0.15) is 13.2 Å². The van der Waals surface area contributed by atoms with Crippen molar-refractivity contribution in [2.75, 3.05) is 0 Å². The molecule has 0 atom stereocenters. The maximum absolute atomic E-state index is 12.7. The first-order valence-corrected chi connectivity index (χ1v) is 7.19. The van der Waals surface area contributed by atoms with Crippen molar-refractivity contribution in [2.45, 2.75) is 20.0 Å². The van der Waals surface area contributed by atoms with Gasteiger partial charge in [0, 0.05) is 5.30 Å². The Morgan fingerprint density at radius 1 is 1.13 bits per heavy atom. The largest absolute Gasteiger partial charge is 0.417 e. The Bertz CT molecular complexity index is 374. The van der Waals surface area contributed by atoms with Crippen molar-refractivity contribution in [1.82, 2.24) is 0 Å². The van der Waals surface area contributed by atoms with Crippen LogP contribution in [0.2, 0.25) is 0 Å². The van der Waals surface area contributed by atoms with E-state index >= 15 is 0 Å². The third-order valence-corrected chi connectivity index (χ3v) is 3.87. The van der Waals surface area contributed by atoms with Gasteiger partial charge in [-0.3, -0.25) is 0 Å². The fourth-order valence-electron chi connectivity index (χ4n) is 1.40. The van der Waals surface area contributed by atoms with Crippen LogP contribution in [0.4, 0.5) is 13.2 Å². The van der Waals surface area contributed by atoms with Gasteiger partial charge < -0.3 is 0 Å². The first-order chi connectivity index (χ1) is 6.73. The summed E-state index contributed by atoms with van der Waals surface area (Å²) in [6, 6.07) is 2.72. The van der Waals surface area contributed by atoms with Crippen LogP contribution < -0.4 is 5.30 Å². The van der Waals surface area contributed by atoms with E-state index in [1.807, 2.05) is 0 Å². The summed E-state index contributed by atoms with van der Waals surface area (Å²) in [7, 11) is 0. The quantitative estimate of drug-likeness (QED) is 0.649. The highest BCUT2D eigenvalue weighted by atomic mass is 35.9. The number of rotatable bonds is 1. The third kappa shape index (κ3) is 2.99. The second-order valence-electron chi connectivity index (χ2n) is 3.21. The Hall–Kier alpha value is 0.0200. The lowest BCUT2D eigenvalue weighted by atomic mass is 10.1. The molecule has 1 rings (SSSR count). The molecule has 0 nitrogen and oxygen atoms in total. The van der Waals surface area contributed by atoms with Gasteiger partial charge in [-0.15, -0.1) is 0 Å². The SMILES string of the molecule is Cc1cc(C)c(P(Cl)Cl)c(C(F)(F)F)c1. The van der Waals surface area contributed by atoms with Crippen molar-refractivity contribution in [3.63, 3.8) is 0 Å². The second kappa shape index (κ2) is 4.48. The number of aryl methyl sites for hydroxylation is 2. The molecule has 0 spiro atoms. The highest BCUT2D eigenvalue weighted by molar-refractivity contribution is 8.09. The minimum Gasteiger partial charge on any atom is -0.166 e. The molecule has 0 saturated carbocycles. The first kappa shape index (κ1) is 13.1. The zero-order valence-corrected chi connectivity index (χ0v) is 10.4. The van der Waals surface area contributed by atoms with E-state index in [1.54, 1.807) is 19.9 Å². The van der Waals surface area contributed by atoms with Crippen LogP contribution >= 0.6 is 29.1 Å². The summed E-state index contributed by atoms with van der Waals surface area (Å²) < 4.78 is 38.0. The number of benzene rings is 1. The van der Waals surface area contributed by atoms with Crippen molar-refractivity contribution in [1.29, 1.82) is 0 Å². The molecule has 0 aliphatic rings. The van der Waals surface area contributed by atoms with Crippen LogP contribution in [-0.2, 0) is 6.18 Å². The summed E-state index contributed by atoms with van der Waals surface area (Å²) in [6.07, 6.45) is -4.41. The molecule has 0 radical (unpaired) electrons. The van der Waals surface area contributed by atoms with Crippen LogP contribution in [0.3, 0.4) is 0 Å². The molecular formula is C9H8Cl2F3P. The van der Waals surface area contributed by atoms with Crippen LogP contribution in [0.5, 0.6) is 0 Å². The maximum atomic E-state index is 12.7. The van der Waals surface area contributed by atoms with Crippen LogP contribution in [-0.4, -0.2) is 0 Å². The average molecular weight is 275 g/mol. The molecule has 1 aromatic rings. The lowest BCUT2D eigenvalue weighted by Crippen LogP contribution is -2.19. The molecule has 0 aliphatic heterocycles. The van der Waals surface area contributed by atoms with E-state index in [0.717, 1.165) is 6.07 Å². The highest BCUT2D eigenvalue weighted by Gasteiger charge is 2.35. The Labute approximate surface area is 96.7 Å². The van der Waals surface area contributed by atoms with E-state index < -0.39 is 18.4 Å². The van der Waals surface area contributed by atoms with Crippen molar-refractivity contribution < 1.29 is 13.2 Å². The zero-order valence-electron chi connectivity index (χ0n) is 7.99. The molecular weight excluding hydrogens is 267 g/mol. The summed E-state index contributed by atoms with van der Waals surface area (Å²) >= 11 is 11.2. The monoisotopic (exact) mass is 274 g/mol. The Morgan fingerprint density at radius 2 is 1.67 bits per heavy atom. The van der Waals surface area contributed by atoms with Gasteiger partial charge >= 0.3 is 6.18 Å². The summed E-state index contributed by atoms with van der Waals surface area (Å²) in [6.45, 7) is 1.40. The predicted octanol–water partition coefficient (Wildman–Crippen LogP) is 4.74. The van der Waals surface area contributed by atoms with Gasteiger partial charge in [0.2, 0.25) is 0 Å². The molecule has 0 N–H and O–H groups in total. The fourth-order valence-corrected chi connectivity index (χ4v) is 3.45. The van der Waals surface area contributed by atoms with Crippen LogP contribution in [0, 0.1) is 13.8 Å². The molecule has 0 heterocycles. The molecule has 0 aromatic heterocycles. The average Bonchev–Trinajstić information content (AvgIpc) is 1.99. The van der Waals surface area contributed by atoms with Crippen LogP contribution in [0.25, 0.3) is 0 Å². The molecule has 0 fully saturated rings. The van der Waals surface area contributed by atoms with E-state index in [-0.39, 0.29) is 5.30 Å². The van der Waals surface area contributed by atoms with E-state index in [2.05, 4.69) is 0 Å². The topological polar surface area (TPSA) is 0 Å². The van der Waals surface area contributed by atoms with Crippen molar-refractivity contribution in [2.24, 2.45) is 0 Å². The van der Waals surface area contributed by atoms with Crippen molar-refractivity contribution >= 4 is 34.4 Å². The summed E-state index contributed by atoms with van der Waals surface area (Å²) in [5, 5.41) is 0.00596. The summed E-state index contributed by atoms with van der Waals surface area (Å²) in [4.78, 5) is 0. The molecule has 0 aliphatic carbocycles. The minimum atomic E-state index is -4.41. The molecule has 0 bridgehead atoms. The van der Waals surface area contributed by atoms with Gasteiger partial charge in [0.15, 0.2) is 0 Å². The summed E-state index contributed by atoms with van der Waals surface area (Å²) in [5.41, 5.74) is 0.309. The van der Waals surface area contributed by atoms with Crippen molar-refractivity contribution in [3.8, 4) is 0 Å². The van der Waals surface area contributed by atoms with E-state index in [4.69, 9.17) is 22.5 Å². The predicted molar refractivity (Wildman–Crippen MR) is 59.2 cm³/mol. The number of alkyl halides is 3. The molecule has 0 amide bonds. The standard InChI is InChI=1S/C9H8Cl2F3P/c1-5-3-6(2)8(15(10)11)7(4-5)9(12,13)14/h3-4H,1-2H3. The number of hydrogen-bond acceptors (Lipinski definition) is 0. The van der Waals surface area contributed by atoms with Gasteiger partial charge in [-0.05, 0) is 25.5 Å². The minimum absolute atomic E-state index is 0.00596. The first-order valence-electron chi connectivity index (χ1n) is 4.03. The van der Waals surface area contributed by atoms with Gasteiger partial charge in [0.05, 0.1) is 5.56 Å². The van der Waals surface area contributed by atoms with Crippen LogP contribution in [0.1, 0.15) is 16.7 Å². The maximum Gasteiger partial charge on any atom is 0.417 e. The van der Waals surface area contributed by atoms with E-state index in [1.165, 1.54) is 0 Å². The van der Waals surface area contributed by atoms with Gasteiger partial charge in [0.1, 0.15) is 6.63 Å². The molecule has 6 heteroatoms. The van der Waals surface area contributed by atoms with Gasteiger partial charge in [-0.1, -0.05) is 34.1 Å². The van der Waals surface area contributed by atoms with Crippen molar-refractivity contribution in [3.05, 3.63) is 28.8 Å². The van der Waals surface area contributed by atoms with Crippen LogP contribution in [0.15, 0.2) is 12.1 Å². The van der Waals surface area contributed by atoms with E-state index in [0.29, 0.717) is 11.1 Å². The second-order valence-corrected chi connectivity index (χ2v) is 6.67. The Morgan fingerprint density at radius 3 is 2.07 bits per heavy atom. The Balaban J connectivity index is 3.47. The lowest BCUT2D eigenvalue weighted by Gasteiger charge is -2.16. The number of hydrogen-bond donors (Lipinski definition) is 0. The highest BCUT2D eigenvalue weighted by Crippen LogP contribution is 2.49. The number of halogens is 5. The molecule has 1 aromatic carbocycles. The van der Waals surface area contributed by atoms with Gasteiger partial charge in [-0.25, -0.2) is 0 Å². The molecule has 0 unspecified atom stereocenters. The Kier molecular flexibility index (Phi) is 3.91. The normalized spacial score (nSPS) is 12.3. The third-order valence-electron chi connectivity index (χ3n) is 1.92. The fraction of sp³-hybridized carbons (Fsp3) is 0.333. The van der Waals surface area contributed by atoms with E-state index in [9.17, 15) is 13.2 Å². The zero-order chi connectivity index (χ0) is 11.8. The molecule has 15 heavy (non-hydrogen) atoms. The molecule has 84 valence electrons. The lowest BCUT2D eigenvalue weighted by molar-refractivity contribution is -0.136. The molecule has 0 saturated heterocycles. The summed E-state index contributed by atoms with van der Waals surface area (Å²) in [5.74, 6) is 0. The smallest absolute Gasteiger partial charge is 0.166 e. The van der Waals surface area contributed by atoms with Gasteiger partial charge in [0.25, 0.3) is 0 Å².